The highest BCUT2D eigenvalue weighted by Crippen LogP contribution is 2.30. The molecule has 4 nitrogen and oxygen atoms in total. The van der Waals surface area contributed by atoms with Crippen LogP contribution in [0.25, 0.3) is 0 Å². The Labute approximate surface area is 113 Å². The van der Waals surface area contributed by atoms with Gasteiger partial charge >= 0.3 is 0 Å². The lowest BCUT2D eigenvalue weighted by Gasteiger charge is -2.04. The van der Waals surface area contributed by atoms with Crippen molar-refractivity contribution in [3.8, 4) is 0 Å². The average molecular weight is 278 g/mol. The first-order valence-corrected chi connectivity index (χ1v) is 6.34. The van der Waals surface area contributed by atoms with E-state index < -0.39 is 10.7 Å². The molecule has 98 valence electrons. The zero-order valence-corrected chi connectivity index (χ0v) is 11.2. The summed E-state index contributed by atoms with van der Waals surface area (Å²) >= 11 is 1.21. The van der Waals surface area contributed by atoms with E-state index in [1.165, 1.54) is 23.9 Å². The van der Waals surface area contributed by atoms with Crippen LogP contribution in [0.1, 0.15) is 11.3 Å². The van der Waals surface area contributed by atoms with Crippen LogP contribution in [-0.2, 0) is 0 Å². The van der Waals surface area contributed by atoms with E-state index in [9.17, 15) is 14.5 Å². The number of hydrogen-bond acceptors (Lipinski definition) is 4. The van der Waals surface area contributed by atoms with E-state index in [0.29, 0.717) is 9.92 Å². The molecule has 1 aromatic heterocycles. The minimum absolute atomic E-state index is 0.258. The van der Waals surface area contributed by atoms with Crippen LogP contribution in [0.3, 0.4) is 0 Å². The second-order valence-electron chi connectivity index (χ2n) is 4.13. The minimum Gasteiger partial charge on any atom is -0.258 e. The molecular weight excluding hydrogens is 267 g/mol. The molecule has 0 spiro atoms. The molecule has 0 amide bonds. The van der Waals surface area contributed by atoms with Crippen LogP contribution in [0, 0.1) is 29.8 Å². The zero-order valence-electron chi connectivity index (χ0n) is 10.4. The van der Waals surface area contributed by atoms with E-state index in [4.69, 9.17) is 0 Å². The van der Waals surface area contributed by atoms with Crippen molar-refractivity contribution >= 4 is 17.4 Å². The maximum atomic E-state index is 13.3. The smallest absolute Gasteiger partial charge is 0.258 e. The summed E-state index contributed by atoms with van der Waals surface area (Å²) in [5, 5.41) is 11.4. The van der Waals surface area contributed by atoms with E-state index >= 15 is 0 Å². The van der Waals surface area contributed by atoms with Gasteiger partial charge in [-0.15, -0.1) is 0 Å². The maximum Gasteiger partial charge on any atom is 0.273 e. The molecule has 0 aliphatic heterocycles. The number of rotatable bonds is 3. The first-order chi connectivity index (χ1) is 8.94. The number of non-ortho nitro benzene ring substituents is 1. The number of nitro groups is 1. The van der Waals surface area contributed by atoms with Crippen molar-refractivity contribution in [2.45, 2.75) is 23.8 Å². The Bertz CT molecular complexity index is 626. The number of hydrogen-bond donors (Lipinski definition) is 0. The van der Waals surface area contributed by atoms with Gasteiger partial charge in [-0.3, -0.25) is 10.1 Å². The number of nitrogens with zero attached hydrogens (tertiary/aromatic N) is 2. The van der Waals surface area contributed by atoms with Gasteiger partial charge in [0.05, 0.1) is 11.0 Å². The quantitative estimate of drug-likeness (QED) is 0.631. The zero-order chi connectivity index (χ0) is 14.0. The standard InChI is InChI=1S/C13H11FN2O2S/c1-8-3-9(2)15-13(4-8)19-12-6-10(14)5-11(7-12)16(17)18/h3-7H,1-2H3. The highest BCUT2D eigenvalue weighted by Gasteiger charge is 2.11. The SMILES string of the molecule is Cc1cc(C)nc(Sc2cc(F)cc([N+](=O)[O-])c2)c1. The Hall–Kier alpha value is -1.95. The molecule has 0 aliphatic rings. The molecule has 0 saturated carbocycles. The van der Waals surface area contributed by atoms with Gasteiger partial charge in [0.15, 0.2) is 0 Å². The monoisotopic (exact) mass is 278 g/mol. The third-order valence-corrected chi connectivity index (χ3v) is 3.25. The molecule has 0 unspecified atom stereocenters. The number of halogens is 1. The number of aromatic nitrogens is 1. The summed E-state index contributed by atoms with van der Waals surface area (Å²) in [6.45, 7) is 3.80. The van der Waals surface area contributed by atoms with Crippen LogP contribution in [0.15, 0.2) is 40.3 Å². The van der Waals surface area contributed by atoms with Crippen molar-refractivity contribution in [2.24, 2.45) is 0 Å². The first kappa shape index (κ1) is 13.5. The van der Waals surface area contributed by atoms with Crippen molar-refractivity contribution in [1.82, 2.24) is 4.98 Å². The van der Waals surface area contributed by atoms with Crippen LogP contribution in [0.4, 0.5) is 10.1 Å². The number of nitro benzene ring substituents is 1. The van der Waals surface area contributed by atoms with Gasteiger partial charge in [0.2, 0.25) is 0 Å². The van der Waals surface area contributed by atoms with Gasteiger partial charge in [0, 0.05) is 16.7 Å². The summed E-state index contributed by atoms with van der Waals surface area (Å²) in [5.41, 5.74) is 1.64. The largest absolute Gasteiger partial charge is 0.273 e. The molecule has 0 atom stereocenters. The Balaban J connectivity index is 2.35. The predicted octanol–water partition coefficient (Wildman–Crippen LogP) is 3.90. The fraction of sp³-hybridized carbons (Fsp3) is 0.154. The van der Waals surface area contributed by atoms with Crippen molar-refractivity contribution in [1.29, 1.82) is 0 Å². The van der Waals surface area contributed by atoms with Crippen molar-refractivity contribution in [3.63, 3.8) is 0 Å². The number of benzene rings is 1. The van der Waals surface area contributed by atoms with Crippen LogP contribution < -0.4 is 0 Å². The topological polar surface area (TPSA) is 56.0 Å². The second kappa shape index (κ2) is 5.36. The summed E-state index contributed by atoms with van der Waals surface area (Å²) < 4.78 is 13.3. The van der Waals surface area contributed by atoms with Gasteiger partial charge < -0.3 is 0 Å². The van der Waals surface area contributed by atoms with E-state index in [1.54, 1.807) is 0 Å². The van der Waals surface area contributed by atoms with Crippen LogP contribution >= 0.6 is 11.8 Å². The van der Waals surface area contributed by atoms with Gasteiger partial charge in [-0.05, 0) is 37.6 Å². The summed E-state index contributed by atoms with van der Waals surface area (Å²) in [4.78, 5) is 14.8. The lowest BCUT2D eigenvalue weighted by Crippen LogP contribution is -1.91. The molecule has 1 heterocycles. The van der Waals surface area contributed by atoms with E-state index in [1.807, 2.05) is 26.0 Å². The van der Waals surface area contributed by atoms with E-state index in [0.717, 1.165) is 17.3 Å². The second-order valence-corrected chi connectivity index (χ2v) is 5.22. The van der Waals surface area contributed by atoms with Gasteiger partial charge in [0.25, 0.3) is 5.69 Å². The normalized spacial score (nSPS) is 10.5. The molecule has 0 fully saturated rings. The van der Waals surface area contributed by atoms with Crippen molar-refractivity contribution < 1.29 is 9.31 Å². The van der Waals surface area contributed by atoms with Gasteiger partial charge in [-0.2, -0.15) is 0 Å². The molecule has 0 N–H and O–H groups in total. The number of aryl methyl sites for hydroxylation is 2. The van der Waals surface area contributed by atoms with Gasteiger partial charge in [0.1, 0.15) is 10.8 Å². The third-order valence-electron chi connectivity index (χ3n) is 2.36. The summed E-state index contributed by atoms with van der Waals surface area (Å²) in [6, 6.07) is 7.29. The summed E-state index contributed by atoms with van der Waals surface area (Å²) in [6.07, 6.45) is 0. The molecular formula is C13H11FN2O2S. The molecule has 1 aromatic carbocycles. The Morgan fingerprint density at radius 3 is 2.58 bits per heavy atom. The highest BCUT2D eigenvalue weighted by atomic mass is 32.2. The fourth-order valence-electron chi connectivity index (χ4n) is 1.69. The Morgan fingerprint density at radius 1 is 1.21 bits per heavy atom. The Kier molecular flexibility index (Phi) is 3.80. The van der Waals surface area contributed by atoms with Crippen LogP contribution in [-0.4, -0.2) is 9.91 Å². The van der Waals surface area contributed by atoms with Crippen molar-refractivity contribution in [3.05, 3.63) is 57.5 Å². The minimum atomic E-state index is -0.624. The molecule has 0 aliphatic carbocycles. The maximum absolute atomic E-state index is 13.3. The average Bonchev–Trinajstić information content (AvgIpc) is 2.26. The predicted molar refractivity (Wildman–Crippen MR) is 70.9 cm³/mol. The number of pyridine rings is 1. The summed E-state index contributed by atoms with van der Waals surface area (Å²) in [5.74, 6) is -0.624. The molecule has 6 heteroatoms. The Morgan fingerprint density at radius 2 is 1.95 bits per heavy atom. The van der Waals surface area contributed by atoms with Crippen molar-refractivity contribution in [2.75, 3.05) is 0 Å². The third kappa shape index (κ3) is 3.51. The molecule has 2 rings (SSSR count). The van der Waals surface area contributed by atoms with Gasteiger partial charge in [-0.25, -0.2) is 9.37 Å². The lowest BCUT2D eigenvalue weighted by atomic mass is 10.3. The summed E-state index contributed by atoms with van der Waals surface area (Å²) in [7, 11) is 0. The fourth-order valence-corrected chi connectivity index (χ4v) is 2.72. The molecule has 0 radical (unpaired) electrons. The first-order valence-electron chi connectivity index (χ1n) is 5.52. The molecule has 19 heavy (non-hydrogen) atoms. The van der Waals surface area contributed by atoms with E-state index in [-0.39, 0.29) is 5.69 Å². The highest BCUT2D eigenvalue weighted by molar-refractivity contribution is 7.99. The van der Waals surface area contributed by atoms with Gasteiger partial charge in [-0.1, -0.05) is 11.8 Å². The van der Waals surface area contributed by atoms with E-state index in [2.05, 4.69) is 4.98 Å². The molecule has 0 bridgehead atoms. The molecule has 2 aromatic rings. The molecule has 0 saturated heterocycles. The van der Waals surface area contributed by atoms with Crippen LogP contribution in [0.2, 0.25) is 0 Å². The van der Waals surface area contributed by atoms with Crippen LogP contribution in [0.5, 0.6) is 0 Å². The lowest BCUT2D eigenvalue weighted by molar-refractivity contribution is -0.385.